The monoisotopic (exact) mass is 491 g/mol. The lowest BCUT2D eigenvalue weighted by Crippen LogP contribution is -2.09. The number of anilines is 2. The fourth-order valence-corrected chi connectivity index (χ4v) is 5.37. The average molecular weight is 492 g/mol. The number of fused-ring (bicyclic) bond motifs is 1. The van der Waals surface area contributed by atoms with E-state index in [9.17, 15) is 0 Å². The molecule has 1 nitrogen and oxygen atoms in total. The van der Waals surface area contributed by atoms with E-state index < -0.39 is 0 Å². The molecule has 0 saturated heterocycles. The largest absolute Gasteiger partial charge is 0.344 e. The Morgan fingerprint density at radius 2 is 1.56 bits per heavy atom. The third-order valence-corrected chi connectivity index (χ3v) is 7.35. The molecule has 184 valence electrons. The molecule has 0 atom stereocenters. The van der Waals surface area contributed by atoms with Crippen molar-refractivity contribution in [2.24, 2.45) is 0 Å². The SMILES string of the molecule is C=C/C(C)=C(/C=C\C)C(=C/C)\c1ccc(-c2ccc(N(C)c3cccc4ccccc34)cc2)s1.CC. The Morgan fingerprint density at radius 1 is 0.861 bits per heavy atom. The maximum absolute atomic E-state index is 3.97. The predicted octanol–water partition coefficient (Wildman–Crippen LogP) is 10.8. The van der Waals surface area contributed by atoms with Crippen molar-refractivity contribution in [3.05, 3.63) is 126 Å². The molecule has 2 heteroatoms. The number of thiophene rings is 1. The van der Waals surface area contributed by atoms with Crippen LogP contribution in [0.15, 0.2) is 121 Å². The second kappa shape index (κ2) is 12.9. The highest BCUT2D eigenvalue weighted by Crippen LogP contribution is 2.38. The Balaban J connectivity index is 0.00000176. The lowest BCUT2D eigenvalue weighted by Gasteiger charge is -2.21. The van der Waals surface area contributed by atoms with Crippen LogP contribution in [0.2, 0.25) is 0 Å². The summed E-state index contributed by atoms with van der Waals surface area (Å²) in [6.45, 7) is 14.2. The molecule has 0 radical (unpaired) electrons. The van der Waals surface area contributed by atoms with Gasteiger partial charge in [0.05, 0.1) is 0 Å². The van der Waals surface area contributed by atoms with Gasteiger partial charge in [-0.15, -0.1) is 11.3 Å². The van der Waals surface area contributed by atoms with Crippen LogP contribution in [0, 0.1) is 0 Å². The Hall–Kier alpha value is -3.62. The van der Waals surface area contributed by atoms with Gasteiger partial charge in [-0.25, -0.2) is 0 Å². The van der Waals surface area contributed by atoms with Gasteiger partial charge in [-0.1, -0.05) is 93.3 Å². The van der Waals surface area contributed by atoms with Crippen molar-refractivity contribution in [3.63, 3.8) is 0 Å². The van der Waals surface area contributed by atoms with E-state index in [2.05, 4.69) is 136 Å². The van der Waals surface area contributed by atoms with Crippen LogP contribution in [0.5, 0.6) is 0 Å². The van der Waals surface area contributed by atoms with Crippen molar-refractivity contribution in [3.8, 4) is 10.4 Å². The summed E-state index contributed by atoms with van der Waals surface area (Å²) in [5.41, 5.74) is 7.27. The average Bonchev–Trinajstić information content (AvgIpc) is 3.43. The summed E-state index contributed by atoms with van der Waals surface area (Å²) in [6, 6.07) is 28.3. The molecule has 4 aromatic rings. The van der Waals surface area contributed by atoms with Crippen LogP contribution in [0.25, 0.3) is 26.8 Å². The van der Waals surface area contributed by atoms with Crippen LogP contribution < -0.4 is 4.90 Å². The van der Waals surface area contributed by atoms with Crippen LogP contribution in [0.4, 0.5) is 11.4 Å². The first kappa shape index (κ1) is 27.0. The van der Waals surface area contributed by atoms with E-state index in [1.165, 1.54) is 54.2 Å². The van der Waals surface area contributed by atoms with Crippen molar-refractivity contribution in [1.29, 1.82) is 0 Å². The third-order valence-electron chi connectivity index (χ3n) is 6.18. The topological polar surface area (TPSA) is 3.24 Å². The van der Waals surface area contributed by atoms with Crippen molar-refractivity contribution in [1.82, 2.24) is 0 Å². The molecule has 0 aliphatic carbocycles. The highest BCUT2D eigenvalue weighted by Gasteiger charge is 2.12. The van der Waals surface area contributed by atoms with Gasteiger partial charge in [0.2, 0.25) is 0 Å². The van der Waals surface area contributed by atoms with E-state index in [1.54, 1.807) is 0 Å². The van der Waals surface area contributed by atoms with Gasteiger partial charge in [0.25, 0.3) is 0 Å². The van der Waals surface area contributed by atoms with Gasteiger partial charge in [-0.05, 0) is 78.8 Å². The molecule has 1 aromatic heterocycles. The molecule has 0 bridgehead atoms. The second-order valence-corrected chi connectivity index (χ2v) is 9.36. The fourth-order valence-electron chi connectivity index (χ4n) is 4.27. The maximum atomic E-state index is 3.97. The number of nitrogens with zero attached hydrogens (tertiary/aromatic N) is 1. The summed E-state index contributed by atoms with van der Waals surface area (Å²) in [5, 5.41) is 2.52. The first-order chi connectivity index (χ1) is 17.6. The molecule has 0 amide bonds. The lowest BCUT2D eigenvalue weighted by molar-refractivity contribution is 1.22. The number of rotatable bonds is 7. The van der Waals surface area contributed by atoms with E-state index in [-0.39, 0.29) is 0 Å². The molecule has 1 heterocycles. The minimum atomic E-state index is 1.17. The summed E-state index contributed by atoms with van der Waals surface area (Å²) in [4.78, 5) is 4.80. The van der Waals surface area contributed by atoms with Gasteiger partial charge in [-0.3, -0.25) is 0 Å². The van der Waals surface area contributed by atoms with E-state index in [1.807, 2.05) is 31.3 Å². The molecule has 0 spiro atoms. The normalized spacial score (nSPS) is 12.2. The quantitative estimate of drug-likeness (QED) is 0.232. The second-order valence-electron chi connectivity index (χ2n) is 8.27. The van der Waals surface area contributed by atoms with Gasteiger partial charge in [0.1, 0.15) is 0 Å². The zero-order chi connectivity index (χ0) is 26.1. The number of hydrogen-bond acceptors (Lipinski definition) is 2. The summed E-state index contributed by atoms with van der Waals surface area (Å²) in [6.07, 6.45) is 8.38. The summed E-state index contributed by atoms with van der Waals surface area (Å²) >= 11 is 1.83. The first-order valence-electron chi connectivity index (χ1n) is 12.6. The van der Waals surface area contributed by atoms with Crippen molar-refractivity contribution >= 4 is 39.1 Å². The van der Waals surface area contributed by atoms with E-state index in [0.717, 1.165) is 0 Å². The zero-order valence-corrected chi connectivity index (χ0v) is 23.2. The number of benzene rings is 3. The molecule has 0 N–H and O–H groups in total. The Labute approximate surface area is 221 Å². The molecule has 0 aliphatic rings. The summed E-state index contributed by atoms with van der Waals surface area (Å²) in [5.74, 6) is 0. The highest BCUT2D eigenvalue weighted by atomic mass is 32.1. The predicted molar refractivity (Wildman–Crippen MR) is 164 cm³/mol. The molecule has 36 heavy (non-hydrogen) atoms. The maximum Gasteiger partial charge on any atom is 0.0487 e. The Bertz CT molecular complexity index is 1390. The van der Waals surface area contributed by atoms with Gasteiger partial charge < -0.3 is 4.90 Å². The minimum Gasteiger partial charge on any atom is -0.344 e. The Kier molecular flexibility index (Phi) is 9.67. The zero-order valence-electron chi connectivity index (χ0n) is 22.4. The number of allylic oxidation sites excluding steroid dienone is 7. The van der Waals surface area contributed by atoms with E-state index in [4.69, 9.17) is 0 Å². The van der Waals surface area contributed by atoms with Crippen molar-refractivity contribution in [2.75, 3.05) is 11.9 Å². The smallest absolute Gasteiger partial charge is 0.0487 e. The minimum absolute atomic E-state index is 1.17. The van der Waals surface area contributed by atoms with Gasteiger partial charge in [-0.2, -0.15) is 0 Å². The van der Waals surface area contributed by atoms with Gasteiger partial charge in [0, 0.05) is 33.6 Å². The van der Waals surface area contributed by atoms with Crippen molar-refractivity contribution < 1.29 is 0 Å². The first-order valence-corrected chi connectivity index (χ1v) is 13.4. The molecule has 3 aromatic carbocycles. The highest BCUT2D eigenvalue weighted by molar-refractivity contribution is 7.16. The molecule has 0 aliphatic heterocycles. The summed E-state index contributed by atoms with van der Waals surface area (Å²) in [7, 11) is 2.13. The lowest BCUT2D eigenvalue weighted by atomic mass is 9.98. The molecule has 0 unspecified atom stereocenters. The van der Waals surface area contributed by atoms with Gasteiger partial charge in [0.15, 0.2) is 0 Å². The molecular weight excluding hydrogens is 454 g/mol. The van der Waals surface area contributed by atoms with Crippen LogP contribution in [0.3, 0.4) is 0 Å². The summed E-state index contributed by atoms with van der Waals surface area (Å²) < 4.78 is 0. The molecular formula is C34H37NS. The van der Waals surface area contributed by atoms with Crippen LogP contribution >= 0.6 is 11.3 Å². The van der Waals surface area contributed by atoms with Crippen LogP contribution in [-0.2, 0) is 0 Å². The van der Waals surface area contributed by atoms with Crippen LogP contribution in [-0.4, -0.2) is 7.05 Å². The van der Waals surface area contributed by atoms with Crippen LogP contribution in [0.1, 0.15) is 39.5 Å². The molecule has 0 fully saturated rings. The number of hydrogen-bond donors (Lipinski definition) is 0. The van der Waals surface area contributed by atoms with Gasteiger partial charge >= 0.3 is 0 Å². The fraction of sp³-hybridized carbons (Fsp3) is 0.176. The van der Waals surface area contributed by atoms with E-state index in [0.29, 0.717) is 0 Å². The third kappa shape index (κ3) is 5.78. The van der Waals surface area contributed by atoms with Crippen molar-refractivity contribution in [2.45, 2.75) is 34.6 Å². The molecule has 4 rings (SSSR count). The Morgan fingerprint density at radius 3 is 2.22 bits per heavy atom. The molecule has 0 saturated carbocycles. The standard InChI is InChI=1S/C32H31NS.C2H6/c1-6-12-28(23(4)7-2)27(8-3)32-22-21-31(34-32)25-17-19-26(20-18-25)33(5)30-16-11-14-24-13-9-10-15-29(24)30;1-2/h6-22H,2H2,1,3-5H3;1-2H3/b12-6-,27-8+,28-23-;. The van der Waals surface area contributed by atoms with E-state index >= 15 is 0 Å².